The Kier molecular flexibility index (Phi) is 5.77. The zero-order valence-electron chi connectivity index (χ0n) is 16.8. The Morgan fingerprint density at radius 2 is 2.07 bits per heavy atom. The van der Waals surface area contributed by atoms with Crippen LogP contribution in [0.5, 0.6) is 5.75 Å². The van der Waals surface area contributed by atoms with Crippen LogP contribution in [-0.4, -0.2) is 52.0 Å². The molecule has 1 aromatic heterocycles. The van der Waals surface area contributed by atoms with Crippen LogP contribution in [0.1, 0.15) is 48.9 Å². The molecule has 8 nitrogen and oxygen atoms in total. The van der Waals surface area contributed by atoms with Gasteiger partial charge in [-0.1, -0.05) is 6.92 Å². The fourth-order valence-corrected chi connectivity index (χ4v) is 3.42. The minimum atomic E-state index is -0.0873. The van der Waals surface area contributed by atoms with Gasteiger partial charge in [0.2, 0.25) is 0 Å². The van der Waals surface area contributed by atoms with Crippen LogP contribution in [0.3, 0.4) is 0 Å². The number of imidazole rings is 1. The third-order valence-corrected chi connectivity index (χ3v) is 4.99. The van der Waals surface area contributed by atoms with E-state index >= 15 is 0 Å². The molecule has 0 fully saturated rings. The van der Waals surface area contributed by atoms with Crippen LogP contribution in [0.4, 0.5) is 0 Å². The smallest absolute Gasteiger partial charge is 0.274 e. The molecule has 148 valence electrons. The zero-order valence-corrected chi connectivity index (χ0v) is 16.8. The molecule has 0 unspecified atom stereocenters. The van der Waals surface area contributed by atoms with Gasteiger partial charge in [0.25, 0.3) is 5.91 Å². The van der Waals surface area contributed by atoms with Crippen molar-refractivity contribution in [1.29, 1.82) is 0 Å². The lowest BCUT2D eigenvalue weighted by Crippen LogP contribution is -2.31. The highest BCUT2D eigenvalue weighted by molar-refractivity contribution is 6.49. The average molecular weight is 382 g/mol. The number of nitrogens with two attached hydrogens (primary N) is 1. The van der Waals surface area contributed by atoms with E-state index in [1.165, 1.54) is 0 Å². The number of aromatic nitrogens is 2. The summed E-state index contributed by atoms with van der Waals surface area (Å²) in [5, 5.41) is 3.93. The lowest BCUT2D eigenvalue weighted by Gasteiger charge is -2.18. The minimum absolute atomic E-state index is 0.0873. The van der Waals surface area contributed by atoms with Gasteiger partial charge in [0.15, 0.2) is 5.69 Å². The fourth-order valence-electron chi connectivity index (χ4n) is 3.42. The highest BCUT2D eigenvalue weighted by atomic mass is 16.5. The van der Waals surface area contributed by atoms with Crippen LogP contribution in [0.2, 0.25) is 0 Å². The van der Waals surface area contributed by atoms with E-state index < -0.39 is 0 Å². The normalized spacial score (nSPS) is 13.3. The van der Waals surface area contributed by atoms with Crippen molar-refractivity contribution in [3.8, 4) is 11.4 Å². The maximum absolute atomic E-state index is 12.9. The summed E-state index contributed by atoms with van der Waals surface area (Å²) in [6, 6.07) is 5.73. The molecular weight excluding hydrogens is 356 g/mol. The molecule has 1 aromatic carbocycles. The van der Waals surface area contributed by atoms with Crippen LogP contribution in [-0.2, 0) is 6.54 Å². The van der Waals surface area contributed by atoms with Crippen molar-refractivity contribution in [2.75, 3.05) is 20.2 Å². The van der Waals surface area contributed by atoms with E-state index in [-0.39, 0.29) is 5.91 Å². The highest BCUT2D eigenvalue weighted by Gasteiger charge is 2.27. The number of ether oxygens (including phenoxy) is 1. The van der Waals surface area contributed by atoms with Gasteiger partial charge in [-0.25, -0.2) is 4.98 Å². The molecule has 0 saturated carbocycles. The molecule has 3 rings (SSSR count). The molecule has 2 aromatic rings. The van der Waals surface area contributed by atoms with Gasteiger partial charge in [-0.05, 0) is 38.5 Å². The van der Waals surface area contributed by atoms with E-state index in [1.807, 2.05) is 43.5 Å². The molecule has 0 spiro atoms. The summed E-state index contributed by atoms with van der Waals surface area (Å²) in [5.74, 6) is 6.25. The summed E-state index contributed by atoms with van der Waals surface area (Å²) in [7, 11) is 1.62. The van der Waals surface area contributed by atoms with E-state index in [4.69, 9.17) is 15.6 Å². The van der Waals surface area contributed by atoms with Gasteiger partial charge >= 0.3 is 0 Å². The van der Waals surface area contributed by atoms with Gasteiger partial charge in [0.1, 0.15) is 12.1 Å². The predicted octanol–water partition coefficient (Wildman–Crippen LogP) is 2.39. The number of carbonyl (C=O) groups excluding carboxylic acids is 1. The third kappa shape index (κ3) is 3.26. The summed E-state index contributed by atoms with van der Waals surface area (Å²) in [6.07, 6.45) is 2.32. The summed E-state index contributed by atoms with van der Waals surface area (Å²) >= 11 is 0. The van der Waals surface area contributed by atoms with Crippen LogP contribution in [0.15, 0.2) is 34.6 Å². The first-order chi connectivity index (χ1) is 13.6. The van der Waals surface area contributed by atoms with Gasteiger partial charge in [-0.3, -0.25) is 14.4 Å². The predicted molar refractivity (Wildman–Crippen MR) is 110 cm³/mol. The Hall–Kier alpha value is -3.16. The molecule has 1 amide bonds. The van der Waals surface area contributed by atoms with Crippen molar-refractivity contribution in [2.24, 2.45) is 15.9 Å². The molecule has 0 aliphatic carbocycles. The van der Waals surface area contributed by atoms with Gasteiger partial charge in [-0.2, -0.15) is 5.10 Å². The van der Waals surface area contributed by atoms with Crippen LogP contribution in [0.25, 0.3) is 5.69 Å². The van der Waals surface area contributed by atoms with E-state index in [0.29, 0.717) is 48.9 Å². The molecule has 1 aliphatic heterocycles. The second-order valence-electron chi connectivity index (χ2n) is 6.36. The molecular formula is C20H26N6O2. The first-order valence-corrected chi connectivity index (χ1v) is 9.45. The maximum atomic E-state index is 12.9. The number of hydrogen-bond donors (Lipinski definition) is 1. The molecule has 1 aliphatic rings. The SMILES string of the molecule is CCC(=NN)C1=NCc2c(C(=O)N(CC)CC)ncn2-c2ccc(OC)cc21. The van der Waals surface area contributed by atoms with Crippen molar-refractivity contribution in [3.05, 3.63) is 41.5 Å². The number of aliphatic imine (C=N–C) groups is 1. The second-order valence-corrected chi connectivity index (χ2v) is 6.36. The lowest BCUT2D eigenvalue weighted by atomic mass is 10.0. The number of hydrogen-bond acceptors (Lipinski definition) is 6. The Bertz CT molecular complexity index is 940. The number of fused-ring (bicyclic) bond motifs is 3. The summed E-state index contributed by atoms with van der Waals surface area (Å²) < 4.78 is 7.32. The number of methoxy groups -OCH3 is 1. The molecule has 28 heavy (non-hydrogen) atoms. The Morgan fingerprint density at radius 1 is 1.32 bits per heavy atom. The van der Waals surface area contributed by atoms with Crippen LogP contribution < -0.4 is 10.6 Å². The Labute approximate surface area is 164 Å². The number of hydrazone groups is 1. The van der Waals surface area contributed by atoms with Crippen molar-refractivity contribution in [1.82, 2.24) is 14.5 Å². The Morgan fingerprint density at radius 3 is 2.68 bits per heavy atom. The van der Waals surface area contributed by atoms with E-state index in [2.05, 4.69) is 10.1 Å². The number of nitrogens with zero attached hydrogens (tertiary/aromatic N) is 5. The van der Waals surface area contributed by atoms with Crippen molar-refractivity contribution in [2.45, 2.75) is 33.7 Å². The largest absolute Gasteiger partial charge is 0.497 e. The summed E-state index contributed by atoms with van der Waals surface area (Å²) in [4.78, 5) is 23.9. The van der Waals surface area contributed by atoms with Gasteiger partial charge in [0, 0.05) is 18.7 Å². The zero-order chi connectivity index (χ0) is 20.3. The minimum Gasteiger partial charge on any atom is -0.497 e. The molecule has 0 bridgehead atoms. The van der Waals surface area contributed by atoms with Crippen molar-refractivity contribution in [3.63, 3.8) is 0 Å². The number of rotatable bonds is 6. The summed E-state index contributed by atoms with van der Waals surface area (Å²) in [5.41, 5.74) is 4.31. The fraction of sp³-hybridized carbons (Fsp3) is 0.400. The van der Waals surface area contributed by atoms with E-state index in [9.17, 15) is 4.79 Å². The molecule has 0 radical (unpaired) electrons. The second kappa shape index (κ2) is 8.24. The number of amides is 1. The summed E-state index contributed by atoms with van der Waals surface area (Å²) in [6.45, 7) is 7.47. The quantitative estimate of drug-likeness (QED) is 0.471. The van der Waals surface area contributed by atoms with Gasteiger partial charge in [-0.15, -0.1) is 0 Å². The number of benzene rings is 1. The topological polar surface area (TPSA) is 98.1 Å². The van der Waals surface area contributed by atoms with E-state index in [0.717, 1.165) is 16.9 Å². The monoisotopic (exact) mass is 382 g/mol. The van der Waals surface area contributed by atoms with Crippen LogP contribution in [0, 0.1) is 0 Å². The van der Waals surface area contributed by atoms with E-state index in [1.54, 1.807) is 18.3 Å². The highest BCUT2D eigenvalue weighted by Crippen LogP contribution is 2.28. The Balaban J connectivity index is 2.20. The molecule has 0 atom stereocenters. The maximum Gasteiger partial charge on any atom is 0.274 e. The standard InChI is InChI=1S/C20H26N6O2/c1-5-15(24-21)18-14-10-13(28-4)8-9-16(14)26-12-23-19(17(26)11-22-18)20(27)25(6-2)7-3/h8-10,12H,5-7,11,21H2,1-4H3. The molecule has 2 heterocycles. The number of carbonyl (C=O) groups is 1. The molecule has 8 heteroatoms. The van der Waals surface area contributed by atoms with Gasteiger partial charge < -0.3 is 15.5 Å². The van der Waals surface area contributed by atoms with Crippen molar-refractivity contribution < 1.29 is 9.53 Å². The van der Waals surface area contributed by atoms with Crippen LogP contribution >= 0.6 is 0 Å². The third-order valence-electron chi connectivity index (χ3n) is 4.99. The first kappa shape index (κ1) is 19.6. The first-order valence-electron chi connectivity index (χ1n) is 9.45. The molecule has 0 saturated heterocycles. The van der Waals surface area contributed by atoms with Crippen molar-refractivity contribution >= 4 is 17.3 Å². The molecule has 2 N–H and O–H groups in total. The average Bonchev–Trinajstić information content (AvgIpc) is 3.08. The lowest BCUT2D eigenvalue weighted by molar-refractivity contribution is 0.0766. The van der Waals surface area contributed by atoms with Gasteiger partial charge in [0.05, 0.1) is 36.5 Å².